The molecule has 1 aromatic rings. The lowest BCUT2D eigenvalue weighted by Crippen LogP contribution is -2.45. The van der Waals surface area contributed by atoms with Gasteiger partial charge in [-0.15, -0.1) is 0 Å². The summed E-state index contributed by atoms with van der Waals surface area (Å²) in [6.45, 7) is 13.4. The number of epoxide rings is 1. The summed E-state index contributed by atoms with van der Waals surface area (Å²) >= 11 is 0. The standard InChI is InChI=1S/C19H32O4Si/c1-19(2,3)24(5,6)23-18(11-17-14-22-17)13-21-12-15-7-9-16(20-4)10-8-15/h7-10,17-18H,11-14H2,1-6H3/t17-,18-/m0/s1. The highest BCUT2D eigenvalue weighted by Crippen LogP contribution is 2.38. The van der Waals surface area contributed by atoms with Gasteiger partial charge in [-0.25, -0.2) is 0 Å². The van der Waals surface area contributed by atoms with Crippen LogP contribution in [0.3, 0.4) is 0 Å². The highest BCUT2D eigenvalue weighted by atomic mass is 28.4. The van der Waals surface area contributed by atoms with Crippen LogP contribution >= 0.6 is 0 Å². The molecule has 0 aromatic heterocycles. The van der Waals surface area contributed by atoms with Crippen LogP contribution in [0.15, 0.2) is 24.3 Å². The molecule has 1 saturated heterocycles. The fourth-order valence-corrected chi connectivity index (χ4v) is 3.62. The first kappa shape index (κ1) is 19.4. The van der Waals surface area contributed by atoms with Crippen molar-refractivity contribution in [1.82, 2.24) is 0 Å². The van der Waals surface area contributed by atoms with Crippen molar-refractivity contribution in [1.29, 1.82) is 0 Å². The minimum absolute atomic E-state index is 0.108. The van der Waals surface area contributed by atoms with E-state index in [2.05, 4.69) is 33.9 Å². The van der Waals surface area contributed by atoms with Crippen LogP contribution in [-0.2, 0) is 20.5 Å². The number of hydrogen-bond acceptors (Lipinski definition) is 4. The van der Waals surface area contributed by atoms with Gasteiger partial charge in [0.05, 0.1) is 39.1 Å². The largest absolute Gasteiger partial charge is 0.497 e. The molecule has 1 fully saturated rings. The molecule has 4 nitrogen and oxygen atoms in total. The summed E-state index contributed by atoms with van der Waals surface area (Å²) in [7, 11) is -0.126. The number of ether oxygens (including phenoxy) is 3. The third-order valence-electron chi connectivity index (χ3n) is 4.93. The van der Waals surface area contributed by atoms with Gasteiger partial charge in [0.25, 0.3) is 0 Å². The van der Waals surface area contributed by atoms with Crippen molar-refractivity contribution in [3.05, 3.63) is 29.8 Å². The average molecular weight is 353 g/mol. The first-order chi connectivity index (χ1) is 11.2. The van der Waals surface area contributed by atoms with Gasteiger partial charge < -0.3 is 18.6 Å². The number of rotatable bonds is 9. The van der Waals surface area contributed by atoms with Crippen molar-refractivity contribution in [3.63, 3.8) is 0 Å². The quantitative estimate of drug-likeness (QED) is 0.488. The van der Waals surface area contributed by atoms with Crippen LogP contribution in [0.1, 0.15) is 32.8 Å². The van der Waals surface area contributed by atoms with Crippen LogP contribution < -0.4 is 4.74 Å². The Morgan fingerprint density at radius 3 is 2.33 bits per heavy atom. The Morgan fingerprint density at radius 1 is 1.21 bits per heavy atom. The molecular weight excluding hydrogens is 320 g/mol. The zero-order valence-electron chi connectivity index (χ0n) is 15.9. The van der Waals surface area contributed by atoms with E-state index in [0.29, 0.717) is 19.3 Å². The molecule has 0 N–H and O–H groups in total. The molecule has 0 bridgehead atoms. The van der Waals surface area contributed by atoms with E-state index in [1.807, 2.05) is 24.3 Å². The highest BCUT2D eigenvalue weighted by molar-refractivity contribution is 6.74. The van der Waals surface area contributed by atoms with Crippen molar-refractivity contribution in [2.24, 2.45) is 0 Å². The van der Waals surface area contributed by atoms with Crippen molar-refractivity contribution in [2.75, 3.05) is 20.3 Å². The molecule has 136 valence electrons. The molecule has 1 aliphatic rings. The van der Waals surface area contributed by atoms with Crippen LogP contribution in [-0.4, -0.2) is 40.8 Å². The molecule has 0 radical (unpaired) electrons. The molecule has 1 aliphatic heterocycles. The minimum atomic E-state index is -1.80. The maximum atomic E-state index is 6.54. The molecule has 2 atom stereocenters. The fraction of sp³-hybridized carbons (Fsp3) is 0.684. The van der Waals surface area contributed by atoms with Gasteiger partial charge in [-0.2, -0.15) is 0 Å². The zero-order valence-corrected chi connectivity index (χ0v) is 16.9. The van der Waals surface area contributed by atoms with Crippen LogP contribution in [0.25, 0.3) is 0 Å². The summed E-state index contributed by atoms with van der Waals surface area (Å²) in [5.41, 5.74) is 1.14. The molecule has 0 amide bonds. The smallest absolute Gasteiger partial charge is 0.192 e. The van der Waals surface area contributed by atoms with Crippen LogP contribution in [0.5, 0.6) is 5.75 Å². The minimum Gasteiger partial charge on any atom is -0.497 e. The SMILES string of the molecule is COc1ccc(COC[C@H](C[C@H]2CO2)O[Si](C)(C)C(C)(C)C)cc1. The highest BCUT2D eigenvalue weighted by Gasteiger charge is 2.40. The van der Waals surface area contributed by atoms with Crippen molar-refractivity contribution < 1.29 is 18.6 Å². The molecule has 5 heteroatoms. The fourth-order valence-electron chi connectivity index (χ4n) is 2.27. The lowest BCUT2D eigenvalue weighted by atomic mass is 10.2. The van der Waals surface area contributed by atoms with E-state index >= 15 is 0 Å². The predicted molar refractivity (Wildman–Crippen MR) is 99.1 cm³/mol. The van der Waals surface area contributed by atoms with Gasteiger partial charge >= 0.3 is 0 Å². The second kappa shape index (κ2) is 8.00. The summed E-state index contributed by atoms with van der Waals surface area (Å²) in [5.74, 6) is 0.865. The van der Waals surface area contributed by atoms with Crippen molar-refractivity contribution >= 4 is 8.32 Å². The second-order valence-electron chi connectivity index (χ2n) is 8.05. The Hall–Kier alpha value is -0.883. The average Bonchev–Trinajstić information content (AvgIpc) is 3.30. The Bertz CT molecular complexity index is 503. The topological polar surface area (TPSA) is 40.2 Å². The Kier molecular flexibility index (Phi) is 6.48. The molecule has 2 rings (SSSR count). The zero-order chi connectivity index (χ0) is 17.8. The lowest BCUT2D eigenvalue weighted by Gasteiger charge is -2.39. The van der Waals surface area contributed by atoms with E-state index in [9.17, 15) is 0 Å². The van der Waals surface area contributed by atoms with Gasteiger partial charge in [0, 0.05) is 6.42 Å². The van der Waals surface area contributed by atoms with E-state index in [-0.39, 0.29) is 11.1 Å². The summed E-state index contributed by atoms with van der Waals surface area (Å²) in [6.07, 6.45) is 1.38. The first-order valence-corrected chi connectivity index (χ1v) is 11.6. The van der Waals surface area contributed by atoms with Crippen LogP contribution in [0.2, 0.25) is 18.1 Å². The molecule has 0 aliphatic carbocycles. The number of hydrogen-bond donors (Lipinski definition) is 0. The summed E-state index contributed by atoms with van der Waals surface area (Å²) in [4.78, 5) is 0. The Balaban J connectivity index is 1.86. The third kappa shape index (κ3) is 5.88. The lowest BCUT2D eigenvalue weighted by molar-refractivity contribution is 0.0272. The first-order valence-electron chi connectivity index (χ1n) is 8.71. The van der Waals surface area contributed by atoms with Gasteiger partial charge in [-0.3, -0.25) is 0 Å². The number of benzene rings is 1. The maximum Gasteiger partial charge on any atom is 0.192 e. The van der Waals surface area contributed by atoms with Gasteiger partial charge in [-0.1, -0.05) is 32.9 Å². The van der Waals surface area contributed by atoms with E-state index in [1.165, 1.54) is 0 Å². The van der Waals surface area contributed by atoms with E-state index < -0.39 is 8.32 Å². The molecule has 0 spiro atoms. The number of methoxy groups -OCH3 is 1. The summed E-state index contributed by atoms with van der Waals surface area (Å²) < 4.78 is 23.1. The van der Waals surface area contributed by atoms with E-state index in [0.717, 1.165) is 24.3 Å². The van der Waals surface area contributed by atoms with E-state index in [1.54, 1.807) is 7.11 Å². The van der Waals surface area contributed by atoms with E-state index in [4.69, 9.17) is 18.6 Å². The Labute approximate surface area is 147 Å². The summed E-state index contributed by atoms with van der Waals surface area (Å²) in [6, 6.07) is 7.99. The third-order valence-corrected chi connectivity index (χ3v) is 9.46. The summed E-state index contributed by atoms with van der Waals surface area (Å²) in [5, 5.41) is 0.200. The molecular formula is C19H32O4Si. The van der Waals surface area contributed by atoms with Gasteiger partial charge in [0.2, 0.25) is 0 Å². The predicted octanol–water partition coefficient (Wildman–Crippen LogP) is 4.39. The normalized spacial score (nSPS) is 19.2. The van der Waals surface area contributed by atoms with Crippen molar-refractivity contribution in [3.8, 4) is 5.75 Å². The van der Waals surface area contributed by atoms with Gasteiger partial charge in [-0.05, 0) is 35.8 Å². The molecule has 0 saturated carbocycles. The Morgan fingerprint density at radius 2 is 1.83 bits per heavy atom. The van der Waals surface area contributed by atoms with Gasteiger partial charge in [0.15, 0.2) is 8.32 Å². The van der Waals surface area contributed by atoms with Crippen molar-refractivity contribution in [2.45, 2.75) is 64.1 Å². The molecule has 1 aromatic carbocycles. The monoisotopic (exact) mass is 352 g/mol. The molecule has 0 unspecified atom stereocenters. The second-order valence-corrected chi connectivity index (χ2v) is 12.8. The molecule has 1 heterocycles. The molecule has 24 heavy (non-hydrogen) atoms. The maximum absolute atomic E-state index is 6.54. The van der Waals surface area contributed by atoms with Crippen LogP contribution in [0.4, 0.5) is 0 Å². The van der Waals surface area contributed by atoms with Gasteiger partial charge in [0.1, 0.15) is 5.75 Å². The van der Waals surface area contributed by atoms with Crippen LogP contribution in [0, 0.1) is 0 Å².